The fourth-order valence-corrected chi connectivity index (χ4v) is 2.22. The normalized spacial score (nSPS) is 17.7. The SMILES string of the molecule is CC(C)(C)OCCN1CCN(c2ccccn2)CC1. The summed E-state index contributed by atoms with van der Waals surface area (Å²) in [4.78, 5) is 9.22. The molecule has 1 aromatic heterocycles. The van der Waals surface area contributed by atoms with E-state index >= 15 is 0 Å². The van der Waals surface area contributed by atoms with Gasteiger partial charge in [0.1, 0.15) is 5.82 Å². The Labute approximate surface area is 116 Å². The number of piperazine rings is 1. The number of pyridine rings is 1. The van der Waals surface area contributed by atoms with Gasteiger partial charge in [-0.05, 0) is 32.9 Å². The van der Waals surface area contributed by atoms with Crippen molar-refractivity contribution in [2.45, 2.75) is 26.4 Å². The van der Waals surface area contributed by atoms with Crippen LogP contribution < -0.4 is 4.90 Å². The molecule has 0 saturated carbocycles. The molecule has 0 atom stereocenters. The first-order valence-electron chi connectivity index (χ1n) is 7.07. The molecule has 4 heteroatoms. The summed E-state index contributed by atoms with van der Waals surface area (Å²) in [5.74, 6) is 1.09. The van der Waals surface area contributed by atoms with Crippen molar-refractivity contribution in [1.29, 1.82) is 0 Å². The summed E-state index contributed by atoms with van der Waals surface area (Å²) in [5.41, 5.74) is -0.0320. The predicted molar refractivity (Wildman–Crippen MR) is 78.6 cm³/mol. The molecule has 19 heavy (non-hydrogen) atoms. The minimum Gasteiger partial charge on any atom is -0.375 e. The molecule has 2 rings (SSSR count). The predicted octanol–water partition coefficient (Wildman–Crippen LogP) is 2.02. The third-order valence-electron chi connectivity index (χ3n) is 3.29. The lowest BCUT2D eigenvalue weighted by Crippen LogP contribution is -2.47. The van der Waals surface area contributed by atoms with Gasteiger partial charge in [-0.1, -0.05) is 6.07 Å². The fourth-order valence-electron chi connectivity index (χ4n) is 2.22. The van der Waals surface area contributed by atoms with Gasteiger partial charge in [0.15, 0.2) is 0 Å². The average molecular weight is 263 g/mol. The number of rotatable bonds is 4. The lowest BCUT2D eigenvalue weighted by atomic mass is 10.2. The molecule has 0 N–H and O–H groups in total. The van der Waals surface area contributed by atoms with Crippen molar-refractivity contribution in [2.75, 3.05) is 44.2 Å². The van der Waals surface area contributed by atoms with Gasteiger partial charge in [0.25, 0.3) is 0 Å². The smallest absolute Gasteiger partial charge is 0.128 e. The van der Waals surface area contributed by atoms with E-state index in [-0.39, 0.29) is 5.60 Å². The first kappa shape index (κ1) is 14.3. The Bertz CT molecular complexity index is 367. The highest BCUT2D eigenvalue weighted by Gasteiger charge is 2.18. The Morgan fingerprint density at radius 2 is 1.89 bits per heavy atom. The molecule has 1 aliphatic heterocycles. The number of aromatic nitrogens is 1. The third kappa shape index (κ3) is 4.80. The van der Waals surface area contributed by atoms with Gasteiger partial charge in [0, 0.05) is 38.9 Å². The standard InChI is InChI=1S/C15H25N3O/c1-15(2,3)19-13-12-17-8-10-18(11-9-17)14-6-4-5-7-16-14/h4-7H,8-13H2,1-3H3. The Hall–Kier alpha value is -1.13. The molecule has 1 aromatic rings. The molecule has 0 aromatic carbocycles. The van der Waals surface area contributed by atoms with E-state index in [4.69, 9.17) is 4.74 Å². The summed E-state index contributed by atoms with van der Waals surface area (Å²) in [6.45, 7) is 12.4. The first-order chi connectivity index (χ1) is 9.04. The van der Waals surface area contributed by atoms with Gasteiger partial charge >= 0.3 is 0 Å². The maximum absolute atomic E-state index is 5.78. The van der Waals surface area contributed by atoms with Crippen molar-refractivity contribution in [3.8, 4) is 0 Å². The average Bonchev–Trinajstić information content (AvgIpc) is 2.39. The van der Waals surface area contributed by atoms with Crippen LogP contribution in [-0.2, 0) is 4.74 Å². The van der Waals surface area contributed by atoms with E-state index in [2.05, 4.69) is 41.6 Å². The van der Waals surface area contributed by atoms with Crippen LogP contribution in [0.3, 0.4) is 0 Å². The largest absolute Gasteiger partial charge is 0.375 e. The monoisotopic (exact) mass is 263 g/mol. The second-order valence-electron chi connectivity index (χ2n) is 5.98. The lowest BCUT2D eigenvalue weighted by Gasteiger charge is -2.35. The van der Waals surface area contributed by atoms with Crippen molar-refractivity contribution < 1.29 is 4.74 Å². The number of anilines is 1. The Morgan fingerprint density at radius 3 is 2.47 bits per heavy atom. The van der Waals surface area contributed by atoms with E-state index in [1.165, 1.54) is 0 Å². The molecule has 0 amide bonds. The summed E-state index contributed by atoms with van der Waals surface area (Å²) in [6, 6.07) is 6.09. The quantitative estimate of drug-likeness (QED) is 0.831. The van der Waals surface area contributed by atoms with Gasteiger partial charge in [-0.25, -0.2) is 4.98 Å². The molecule has 1 fully saturated rings. The Balaban J connectivity index is 1.71. The maximum Gasteiger partial charge on any atom is 0.128 e. The Kier molecular flexibility index (Phi) is 4.77. The number of hydrogen-bond donors (Lipinski definition) is 0. The summed E-state index contributed by atoms with van der Waals surface area (Å²) >= 11 is 0. The van der Waals surface area contributed by atoms with Crippen molar-refractivity contribution in [3.05, 3.63) is 24.4 Å². The summed E-state index contributed by atoms with van der Waals surface area (Å²) < 4.78 is 5.78. The number of ether oxygens (including phenoxy) is 1. The first-order valence-corrected chi connectivity index (χ1v) is 7.07. The van der Waals surface area contributed by atoms with Crippen molar-refractivity contribution in [2.24, 2.45) is 0 Å². The highest BCUT2D eigenvalue weighted by Crippen LogP contribution is 2.12. The van der Waals surface area contributed by atoms with Gasteiger partial charge in [-0.3, -0.25) is 4.90 Å². The van der Waals surface area contributed by atoms with E-state index < -0.39 is 0 Å². The highest BCUT2D eigenvalue weighted by molar-refractivity contribution is 5.38. The summed E-state index contributed by atoms with van der Waals surface area (Å²) in [7, 11) is 0. The van der Waals surface area contributed by atoms with Crippen LogP contribution in [0.5, 0.6) is 0 Å². The van der Waals surface area contributed by atoms with Crippen LogP contribution in [0.4, 0.5) is 5.82 Å². The van der Waals surface area contributed by atoms with E-state index in [0.717, 1.165) is 45.1 Å². The highest BCUT2D eigenvalue weighted by atomic mass is 16.5. The van der Waals surface area contributed by atoms with Crippen molar-refractivity contribution in [1.82, 2.24) is 9.88 Å². The second-order valence-corrected chi connectivity index (χ2v) is 5.98. The minimum atomic E-state index is -0.0320. The van der Waals surface area contributed by atoms with Crippen molar-refractivity contribution >= 4 is 5.82 Å². The molecule has 1 saturated heterocycles. The molecule has 2 heterocycles. The molecule has 0 unspecified atom stereocenters. The molecular weight excluding hydrogens is 238 g/mol. The van der Waals surface area contributed by atoms with E-state index in [9.17, 15) is 0 Å². The number of hydrogen-bond acceptors (Lipinski definition) is 4. The zero-order valence-corrected chi connectivity index (χ0v) is 12.3. The van der Waals surface area contributed by atoms with Crippen LogP contribution >= 0.6 is 0 Å². The van der Waals surface area contributed by atoms with Crippen LogP contribution in [0.1, 0.15) is 20.8 Å². The van der Waals surface area contributed by atoms with Crippen LogP contribution in [-0.4, -0.2) is 54.8 Å². The summed E-state index contributed by atoms with van der Waals surface area (Å²) in [5, 5.41) is 0. The molecule has 1 aliphatic rings. The van der Waals surface area contributed by atoms with Gasteiger partial charge in [-0.15, -0.1) is 0 Å². The fraction of sp³-hybridized carbons (Fsp3) is 0.667. The van der Waals surface area contributed by atoms with Gasteiger partial charge in [0.2, 0.25) is 0 Å². The van der Waals surface area contributed by atoms with Gasteiger partial charge < -0.3 is 9.64 Å². The zero-order chi connectivity index (χ0) is 13.7. The second kappa shape index (κ2) is 6.35. The lowest BCUT2D eigenvalue weighted by molar-refractivity contribution is -0.0135. The van der Waals surface area contributed by atoms with E-state index in [1.54, 1.807) is 0 Å². The van der Waals surface area contributed by atoms with Crippen molar-refractivity contribution in [3.63, 3.8) is 0 Å². The van der Waals surface area contributed by atoms with Gasteiger partial charge in [0.05, 0.1) is 12.2 Å². The number of nitrogens with zero attached hydrogens (tertiary/aromatic N) is 3. The third-order valence-corrected chi connectivity index (χ3v) is 3.29. The minimum absolute atomic E-state index is 0.0320. The maximum atomic E-state index is 5.78. The molecule has 106 valence electrons. The molecular formula is C15H25N3O. The van der Waals surface area contributed by atoms with Gasteiger partial charge in [-0.2, -0.15) is 0 Å². The molecule has 0 spiro atoms. The Morgan fingerprint density at radius 1 is 1.16 bits per heavy atom. The molecule has 0 bridgehead atoms. The molecule has 4 nitrogen and oxygen atoms in total. The van der Waals surface area contributed by atoms with Crippen LogP contribution in [0.2, 0.25) is 0 Å². The molecule has 0 radical (unpaired) electrons. The van der Waals surface area contributed by atoms with Crippen LogP contribution in [0, 0.1) is 0 Å². The van der Waals surface area contributed by atoms with Crippen LogP contribution in [0.25, 0.3) is 0 Å². The molecule has 0 aliphatic carbocycles. The van der Waals surface area contributed by atoms with Crippen LogP contribution in [0.15, 0.2) is 24.4 Å². The summed E-state index contributed by atoms with van der Waals surface area (Å²) in [6.07, 6.45) is 1.86. The van der Waals surface area contributed by atoms with E-state index in [1.807, 2.05) is 18.3 Å². The zero-order valence-electron chi connectivity index (χ0n) is 12.3. The topological polar surface area (TPSA) is 28.6 Å². The van der Waals surface area contributed by atoms with E-state index in [0.29, 0.717) is 0 Å².